The van der Waals surface area contributed by atoms with Crippen LogP contribution in [0.2, 0.25) is 0 Å². The lowest BCUT2D eigenvalue weighted by Gasteiger charge is -2.27. The first kappa shape index (κ1) is 18.9. The van der Waals surface area contributed by atoms with Crippen molar-refractivity contribution in [2.75, 3.05) is 18.6 Å². The van der Waals surface area contributed by atoms with Gasteiger partial charge in [-0.3, -0.25) is 0 Å². The number of aryl methyl sites for hydroxylation is 1. The van der Waals surface area contributed by atoms with Crippen LogP contribution < -0.4 is 4.74 Å². The molecule has 1 aromatic heterocycles. The summed E-state index contributed by atoms with van der Waals surface area (Å²) >= 11 is 0. The van der Waals surface area contributed by atoms with Crippen LogP contribution in [0.25, 0.3) is 0 Å². The number of nitrogens with zero attached hydrogens (tertiary/aromatic N) is 1. The van der Waals surface area contributed by atoms with E-state index < -0.39 is 25.9 Å². The Balaban J connectivity index is 2.07. The number of benzene rings is 1. The van der Waals surface area contributed by atoms with Crippen LogP contribution in [0.3, 0.4) is 0 Å². The van der Waals surface area contributed by atoms with Gasteiger partial charge in [-0.1, -0.05) is 6.07 Å². The van der Waals surface area contributed by atoms with E-state index in [4.69, 9.17) is 9.15 Å². The van der Waals surface area contributed by atoms with Gasteiger partial charge in [-0.25, -0.2) is 16.8 Å². The molecule has 0 amide bonds. The Morgan fingerprint density at radius 2 is 2.08 bits per heavy atom. The maximum atomic E-state index is 13.4. The van der Waals surface area contributed by atoms with Gasteiger partial charge in [0.2, 0.25) is 10.0 Å². The molecule has 1 aliphatic rings. The molecule has 0 bridgehead atoms. The Labute approximate surface area is 153 Å². The molecule has 0 saturated carbocycles. The van der Waals surface area contributed by atoms with Gasteiger partial charge in [0.15, 0.2) is 9.84 Å². The van der Waals surface area contributed by atoms with E-state index >= 15 is 0 Å². The minimum atomic E-state index is -3.99. The van der Waals surface area contributed by atoms with Gasteiger partial charge >= 0.3 is 0 Å². The molecule has 9 heteroatoms. The summed E-state index contributed by atoms with van der Waals surface area (Å²) in [4.78, 5) is 0.0239. The monoisotopic (exact) mass is 399 g/mol. The molecule has 0 spiro atoms. The molecule has 0 N–H and O–H groups in total. The number of sulfonamides is 1. The first-order valence-corrected chi connectivity index (χ1v) is 11.4. The Morgan fingerprint density at radius 3 is 2.65 bits per heavy atom. The highest BCUT2D eigenvalue weighted by atomic mass is 32.2. The highest BCUT2D eigenvalue weighted by molar-refractivity contribution is 7.92. The molecule has 1 saturated heterocycles. The molecule has 142 valence electrons. The number of ether oxygens (including phenoxy) is 1. The fraction of sp³-hybridized carbons (Fsp3) is 0.412. The zero-order valence-electron chi connectivity index (χ0n) is 14.6. The van der Waals surface area contributed by atoms with E-state index in [9.17, 15) is 16.8 Å². The Bertz CT molecular complexity index is 980. The van der Waals surface area contributed by atoms with Crippen LogP contribution in [-0.4, -0.2) is 45.8 Å². The molecule has 26 heavy (non-hydrogen) atoms. The number of sulfone groups is 1. The van der Waals surface area contributed by atoms with Gasteiger partial charge in [0.1, 0.15) is 16.4 Å². The van der Waals surface area contributed by atoms with Crippen LogP contribution in [0.15, 0.2) is 45.9 Å². The molecule has 1 fully saturated rings. The van der Waals surface area contributed by atoms with Crippen molar-refractivity contribution in [2.45, 2.75) is 30.8 Å². The van der Waals surface area contributed by atoms with E-state index in [0.717, 1.165) is 5.56 Å². The normalized spacial score (nSPS) is 19.7. The van der Waals surface area contributed by atoms with Crippen molar-refractivity contribution in [2.24, 2.45) is 0 Å². The van der Waals surface area contributed by atoms with Gasteiger partial charge in [0.25, 0.3) is 0 Å². The molecule has 0 unspecified atom stereocenters. The van der Waals surface area contributed by atoms with Gasteiger partial charge < -0.3 is 9.15 Å². The minimum absolute atomic E-state index is 0.0210. The molecule has 1 atom stereocenters. The van der Waals surface area contributed by atoms with Crippen LogP contribution in [0.1, 0.15) is 17.7 Å². The second kappa shape index (κ2) is 7.05. The fourth-order valence-corrected chi connectivity index (χ4v) is 6.77. The molecule has 0 radical (unpaired) electrons. The highest BCUT2D eigenvalue weighted by Gasteiger charge is 2.40. The van der Waals surface area contributed by atoms with Gasteiger partial charge in [0, 0.05) is 6.04 Å². The van der Waals surface area contributed by atoms with E-state index in [-0.39, 0.29) is 35.1 Å². The zero-order chi connectivity index (χ0) is 18.9. The molecule has 2 heterocycles. The number of hydrogen-bond acceptors (Lipinski definition) is 6. The highest BCUT2D eigenvalue weighted by Crippen LogP contribution is 2.32. The fourth-order valence-electron chi connectivity index (χ4n) is 3.08. The van der Waals surface area contributed by atoms with Crippen LogP contribution in [-0.2, 0) is 26.4 Å². The quantitative estimate of drug-likeness (QED) is 0.737. The lowest BCUT2D eigenvalue weighted by Crippen LogP contribution is -2.40. The van der Waals surface area contributed by atoms with Crippen molar-refractivity contribution in [3.8, 4) is 5.75 Å². The SMILES string of the molecule is COc1ccc(C)cc1S(=O)(=O)N(Cc1ccco1)[C@@H]1CCS(=O)(=O)C1. The maximum absolute atomic E-state index is 13.4. The van der Waals surface area contributed by atoms with Crippen molar-refractivity contribution in [1.82, 2.24) is 4.31 Å². The van der Waals surface area contributed by atoms with Crippen molar-refractivity contribution in [3.63, 3.8) is 0 Å². The Morgan fingerprint density at radius 1 is 1.31 bits per heavy atom. The average Bonchev–Trinajstić information content (AvgIpc) is 3.21. The topological polar surface area (TPSA) is 93.9 Å². The van der Waals surface area contributed by atoms with Crippen LogP contribution in [0.4, 0.5) is 0 Å². The molecule has 2 aromatic rings. The van der Waals surface area contributed by atoms with E-state index in [2.05, 4.69) is 0 Å². The van der Waals surface area contributed by atoms with Gasteiger partial charge in [-0.2, -0.15) is 4.31 Å². The standard InChI is InChI=1S/C17H21NO6S2/c1-13-5-6-16(23-2)17(10-13)26(21,22)18(11-15-4-3-8-24-15)14-7-9-25(19,20)12-14/h3-6,8,10,14H,7,9,11-12H2,1-2H3/t14-/m1/s1. The number of rotatable bonds is 6. The third kappa shape index (κ3) is 3.79. The number of hydrogen-bond donors (Lipinski definition) is 0. The summed E-state index contributed by atoms with van der Waals surface area (Å²) in [6.07, 6.45) is 1.72. The largest absolute Gasteiger partial charge is 0.495 e. The summed E-state index contributed by atoms with van der Waals surface area (Å²) in [5.41, 5.74) is 0.765. The second-order valence-electron chi connectivity index (χ2n) is 6.34. The third-order valence-corrected chi connectivity index (χ3v) is 8.08. The molecule has 3 rings (SSSR count). The van der Waals surface area contributed by atoms with Gasteiger partial charge in [0.05, 0.1) is 31.4 Å². The van der Waals surface area contributed by atoms with Crippen LogP contribution >= 0.6 is 0 Å². The molecular formula is C17H21NO6S2. The third-order valence-electron chi connectivity index (χ3n) is 4.41. The average molecular weight is 399 g/mol. The molecule has 0 aliphatic carbocycles. The summed E-state index contributed by atoms with van der Waals surface area (Å²) in [5.74, 6) is 0.457. The Hall–Kier alpha value is -1.84. The zero-order valence-corrected chi connectivity index (χ0v) is 16.2. The van der Waals surface area contributed by atoms with Crippen molar-refractivity contribution in [1.29, 1.82) is 0 Å². The number of methoxy groups -OCH3 is 1. The predicted molar refractivity (Wildman–Crippen MR) is 96.2 cm³/mol. The summed E-state index contributed by atoms with van der Waals surface area (Å²) in [7, 11) is -5.84. The van der Waals surface area contributed by atoms with Gasteiger partial charge in [-0.05, 0) is 43.2 Å². The molecule has 7 nitrogen and oxygen atoms in total. The molecular weight excluding hydrogens is 378 g/mol. The molecule has 1 aliphatic heterocycles. The van der Waals surface area contributed by atoms with Crippen LogP contribution in [0.5, 0.6) is 5.75 Å². The van der Waals surface area contributed by atoms with E-state index in [0.29, 0.717) is 5.76 Å². The first-order chi connectivity index (χ1) is 12.2. The van der Waals surface area contributed by atoms with Crippen molar-refractivity contribution < 1.29 is 26.0 Å². The maximum Gasteiger partial charge on any atom is 0.247 e. The second-order valence-corrected chi connectivity index (χ2v) is 10.4. The van der Waals surface area contributed by atoms with E-state index in [1.54, 1.807) is 31.2 Å². The first-order valence-electron chi connectivity index (χ1n) is 8.12. The lowest BCUT2D eigenvalue weighted by atomic mass is 10.2. The lowest BCUT2D eigenvalue weighted by molar-refractivity contribution is 0.305. The predicted octanol–water partition coefficient (Wildman–Crippen LogP) is 1.97. The van der Waals surface area contributed by atoms with Crippen LogP contribution in [0, 0.1) is 6.92 Å². The number of furan rings is 1. The summed E-state index contributed by atoms with van der Waals surface area (Å²) in [6, 6.07) is 7.58. The van der Waals surface area contributed by atoms with Crippen molar-refractivity contribution >= 4 is 19.9 Å². The van der Waals surface area contributed by atoms with E-state index in [1.165, 1.54) is 23.7 Å². The summed E-state index contributed by atoms with van der Waals surface area (Å²) in [6.45, 7) is 1.75. The summed E-state index contributed by atoms with van der Waals surface area (Å²) in [5, 5.41) is 0. The van der Waals surface area contributed by atoms with Gasteiger partial charge in [-0.15, -0.1) is 0 Å². The van der Waals surface area contributed by atoms with E-state index in [1.807, 2.05) is 0 Å². The smallest absolute Gasteiger partial charge is 0.247 e. The molecule has 1 aromatic carbocycles. The Kier molecular flexibility index (Phi) is 5.14. The minimum Gasteiger partial charge on any atom is -0.495 e. The van der Waals surface area contributed by atoms with Crippen molar-refractivity contribution in [3.05, 3.63) is 47.9 Å². The summed E-state index contributed by atoms with van der Waals surface area (Å²) < 4.78 is 62.4.